The van der Waals surface area contributed by atoms with Crippen LogP contribution in [-0.4, -0.2) is 77.1 Å². The standard InChI is InChI=1S/C39H43BrFN3O5/c40-33-18-15-29(41)22-35(33)49-21-5-8-27-11-13-28(14-12-27)32-23-30-24-43(36(45)9-4-10-37(46)47)25-34(42-30)38(32)39(48)44(31-16-17-31)20-19-26-6-2-1-3-7-26/h1-3,6-7,11-15,18,22,30-31,34,42H,4-5,8-10,16-17,19-21,23-25H2,(H,46,47)/t30-,34-/m1/s1. The van der Waals surface area contributed by atoms with Gasteiger partial charge in [0.25, 0.3) is 5.91 Å². The molecule has 1 saturated carbocycles. The Labute approximate surface area is 295 Å². The van der Waals surface area contributed by atoms with E-state index in [9.17, 15) is 18.8 Å². The minimum Gasteiger partial charge on any atom is -0.492 e. The Morgan fingerprint density at radius 2 is 1.69 bits per heavy atom. The number of amides is 2. The van der Waals surface area contributed by atoms with Crippen LogP contribution in [-0.2, 0) is 27.2 Å². The predicted octanol–water partition coefficient (Wildman–Crippen LogP) is 6.41. The highest BCUT2D eigenvalue weighted by molar-refractivity contribution is 9.10. The molecule has 6 rings (SSSR count). The molecule has 1 aliphatic carbocycles. The zero-order chi connectivity index (χ0) is 34.3. The zero-order valence-electron chi connectivity index (χ0n) is 27.6. The van der Waals surface area contributed by atoms with Gasteiger partial charge in [-0.25, -0.2) is 4.39 Å². The molecule has 10 heteroatoms. The summed E-state index contributed by atoms with van der Waals surface area (Å²) in [5.74, 6) is -0.781. The molecule has 3 aromatic carbocycles. The van der Waals surface area contributed by atoms with Crippen LogP contribution >= 0.6 is 15.9 Å². The van der Waals surface area contributed by atoms with Crippen molar-refractivity contribution in [3.05, 3.63) is 105 Å². The maximum atomic E-state index is 14.6. The first-order valence-corrected chi connectivity index (χ1v) is 18.0. The normalized spacial score (nSPS) is 18.7. The van der Waals surface area contributed by atoms with Gasteiger partial charge in [-0.05, 0) is 95.3 Å². The fraction of sp³-hybridized carbons (Fsp3) is 0.410. The largest absolute Gasteiger partial charge is 0.492 e. The molecule has 2 amide bonds. The van der Waals surface area contributed by atoms with E-state index in [1.54, 1.807) is 6.07 Å². The molecule has 0 radical (unpaired) electrons. The van der Waals surface area contributed by atoms with Crippen LogP contribution in [0, 0.1) is 5.82 Å². The first kappa shape index (κ1) is 34.8. The van der Waals surface area contributed by atoms with E-state index < -0.39 is 5.97 Å². The monoisotopic (exact) mass is 731 g/mol. The first-order chi connectivity index (χ1) is 23.7. The van der Waals surface area contributed by atoms with Crippen molar-refractivity contribution in [2.75, 3.05) is 26.2 Å². The van der Waals surface area contributed by atoms with Gasteiger partial charge in [0.15, 0.2) is 0 Å². The maximum Gasteiger partial charge on any atom is 0.303 e. The Balaban J connectivity index is 1.20. The summed E-state index contributed by atoms with van der Waals surface area (Å²) in [4.78, 5) is 42.7. The number of aryl methyl sites for hydroxylation is 1. The van der Waals surface area contributed by atoms with Crippen LogP contribution in [0.25, 0.3) is 5.57 Å². The Kier molecular flexibility index (Phi) is 11.5. The lowest BCUT2D eigenvalue weighted by Crippen LogP contribution is -2.62. The van der Waals surface area contributed by atoms with Gasteiger partial charge in [-0.1, -0.05) is 54.6 Å². The Morgan fingerprint density at radius 3 is 2.43 bits per heavy atom. The lowest BCUT2D eigenvalue weighted by molar-refractivity contribution is -0.138. The molecule has 2 heterocycles. The highest BCUT2D eigenvalue weighted by Gasteiger charge is 2.43. The van der Waals surface area contributed by atoms with Gasteiger partial charge in [0.05, 0.1) is 17.1 Å². The van der Waals surface area contributed by atoms with Gasteiger partial charge >= 0.3 is 5.97 Å². The highest BCUT2D eigenvalue weighted by atomic mass is 79.9. The molecule has 2 atom stereocenters. The summed E-state index contributed by atoms with van der Waals surface area (Å²) < 4.78 is 20.1. The molecular weight excluding hydrogens is 689 g/mol. The molecule has 2 aliphatic heterocycles. The predicted molar refractivity (Wildman–Crippen MR) is 190 cm³/mol. The Bertz CT molecular complexity index is 1680. The molecule has 0 unspecified atom stereocenters. The Morgan fingerprint density at radius 1 is 0.939 bits per heavy atom. The van der Waals surface area contributed by atoms with Crippen LogP contribution in [0.2, 0.25) is 0 Å². The SMILES string of the molecule is O=C(O)CCCC(=O)N1C[C@H]2CC(c3ccc(CCCOc4cc(F)ccc4Br)cc3)=C(C(=O)N(CCc3ccccc3)C3CC3)[C@@H](C1)N2. The van der Waals surface area contributed by atoms with Crippen molar-refractivity contribution in [3.8, 4) is 5.75 Å². The third kappa shape index (κ3) is 9.16. The van der Waals surface area contributed by atoms with E-state index >= 15 is 0 Å². The van der Waals surface area contributed by atoms with Gasteiger partial charge in [-0.2, -0.15) is 0 Å². The lowest BCUT2D eigenvalue weighted by Gasteiger charge is -2.45. The van der Waals surface area contributed by atoms with Crippen molar-refractivity contribution in [3.63, 3.8) is 0 Å². The average Bonchev–Trinajstić information content (AvgIpc) is 3.94. The fourth-order valence-electron chi connectivity index (χ4n) is 6.92. The van der Waals surface area contributed by atoms with Gasteiger partial charge < -0.3 is 25.0 Å². The summed E-state index contributed by atoms with van der Waals surface area (Å²) >= 11 is 3.40. The number of hydrogen-bond donors (Lipinski definition) is 2. The molecule has 258 valence electrons. The number of carbonyl (C=O) groups excluding carboxylic acids is 2. The van der Waals surface area contributed by atoms with Crippen LogP contribution < -0.4 is 10.1 Å². The van der Waals surface area contributed by atoms with E-state index in [1.807, 2.05) is 28.0 Å². The second-order valence-corrected chi connectivity index (χ2v) is 14.1. The summed E-state index contributed by atoms with van der Waals surface area (Å²) in [7, 11) is 0. The summed E-state index contributed by atoms with van der Waals surface area (Å²) in [6.45, 7) is 1.98. The number of carboxylic acid groups (broad SMARTS) is 1. The first-order valence-electron chi connectivity index (χ1n) is 17.3. The number of ether oxygens (including phenoxy) is 1. The van der Waals surface area contributed by atoms with E-state index in [2.05, 4.69) is 57.6 Å². The molecule has 8 nitrogen and oxygen atoms in total. The van der Waals surface area contributed by atoms with E-state index in [4.69, 9.17) is 9.84 Å². The molecule has 3 aliphatic rings. The summed E-state index contributed by atoms with van der Waals surface area (Å²) in [5.41, 5.74) is 5.13. The molecular formula is C39H43BrFN3O5. The second-order valence-electron chi connectivity index (χ2n) is 13.2. The lowest BCUT2D eigenvalue weighted by atomic mass is 9.82. The van der Waals surface area contributed by atoms with Crippen molar-refractivity contribution in [1.29, 1.82) is 0 Å². The molecule has 2 fully saturated rings. The van der Waals surface area contributed by atoms with E-state index in [-0.39, 0.29) is 48.6 Å². The number of hydrogen-bond acceptors (Lipinski definition) is 5. The Hall–Kier alpha value is -4.02. The van der Waals surface area contributed by atoms with Gasteiger partial charge in [-0.3, -0.25) is 14.4 Å². The number of fused-ring (bicyclic) bond motifs is 2. The maximum absolute atomic E-state index is 14.6. The molecule has 2 N–H and O–H groups in total. The minimum absolute atomic E-state index is 0.00797. The number of nitrogens with zero attached hydrogens (tertiary/aromatic N) is 2. The van der Waals surface area contributed by atoms with Gasteiger partial charge in [0, 0.05) is 56.2 Å². The van der Waals surface area contributed by atoms with E-state index in [0.717, 1.165) is 58.8 Å². The number of piperazine rings is 1. The van der Waals surface area contributed by atoms with Gasteiger partial charge in [0.1, 0.15) is 11.6 Å². The van der Waals surface area contributed by atoms with Crippen LogP contribution in [0.1, 0.15) is 61.6 Å². The smallest absolute Gasteiger partial charge is 0.303 e. The van der Waals surface area contributed by atoms with Crippen molar-refractivity contribution >= 4 is 39.3 Å². The molecule has 49 heavy (non-hydrogen) atoms. The number of aliphatic carboxylic acids is 1. The van der Waals surface area contributed by atoms with Crippen LogP contribution in [0.4, 0.5) is 4.39 Å². The van der Waals surface area contributed by atoms with Crippen LogP contribution in [0.5, 0.6) is 5.75 Å². The fourth-order valence-corrected chi connectivity index (χ4v) is 7.28. The van der Waals surface area contributed by atoms with E-state index in [1.165, 1.54) is 17.7 Å². The number of carboxylic acids is 1. The topological polar surface area (TPSA) is 99.2 Å². The third-order valence-electron chi connectivity index (χ3n) is 9.56. The average molecular weight is 733 g/mol. The van der Waals surface area contributed by atoms with Crippen molar-refractivity contribution < 1.29 is 28.6 Å². The minimum atomic E-state index is -0.905. The van der Waals surface area contributed by atoms with Crippen LogP contribution in [0.3, 0.4) is 0 Å². The van der Waals surface area contributed by atoms with Gasteiger partial charge in [0.2, 0.25) is 5.91 Å². The van der Waals surface area contributed by atoms with Crippen LogP contribution in [0.15, 0.2) is 82.8 Å². The number of benzene rings is 3. The van der Waals surface area contributed by atoms with E-state index in [0.29, 0.717) is 44.8 Å². The number of carbonyl (C=O) groups is 3. The summed E-state index contributed by atoms with van der Waals surface area (Å²) in [6.07, 6.45) is 5.37. The quantitative estimate of drug-likeness (QED) is 0.175. The summed E-state index contributed by atoms with van der Waals surface area (Å²) in [5, 5.41) is 12.7. The molecule has 1 saturated heterocycles. The number of rotatable bonds is 15. The number of halogens is 2. The van der Waals surface area contributed by atoms with Gasteiger partial charge in [-0.15, -0.1) is 0 Å². The molecule has 3 aromatic rings. The van der Waals surface area contributed by atoms with Crippen molar-refractivity contribution in [2.45, 2.75) is 75.9 Å². The van der Waals surface area contributed by atoms with Crippen molar-refractivity contribution in [1.82, 2.24) is 15.1 Å². The second kappa shape index (κ2) is 16.1. The molecule has 2 bridgehead atoms. The molecule has 0 aromatic heterocycles. The third-order valence-corrected chi connectivity index (χ3v) is 10.2. The number of nitrogens with one attached hydrogen (secondary N) is 1. The molecule has 0 spiro atoms. The summed E-state index contributed by atoms with van der Waals surface area (Å²) in [6, 6.07) is 22.9. The zero-order valence-corrected chi connectivity index (χ0v) is 29.2. The highest BCUT2D eigenvalue weighted by Crippen LogP contribution is 2.37. The van der Waals surface area contributed by atoms with Crippen molar-refractivity contribution in [2.24, 2.45) is 0 Å².